The average molecular weight is 200 g/mol. The maximum atomic E-state index is 11.6. The lowest BCUT2D eigenvalue weighted by Crippen LogP contribution is -2.40. The molecule has 3 atom stereocenters. The van der Waals surface area contributed by atoms with E-state index < -0.39 is 12.2 Å². The Morgan fingerprint density at radius 3 is 2.29 bits per heavy atom. The summed E-state index contributed by atoms with van der Waals surface area (Å²) >= 11 is 0. The number of nitrogens with zero attached hydrogens (tertiary/aromatic N) is 2. The van der Waals surface area contributed by atoms with Crippen LogP contribution in [0.5, 0.6) is 0 Å². The molecule has 0 aliphatic carbocycles. The number of carbonyl (C=O) groups is 1. The molecule has 3 unspecified atom stereocenters. The smallest absolute Gasteiger partial charge is 0.239 e. The minimum absolute atomic E-state index is 0.103. The highest BCUT2D eigenvalue weighted by molar-refractivity contribution is 5.83. The van der Waals surface area contributed by atoms with Crippen LogP contribution in [0.2, 0.25) is 0 Å². The molecule has 0 bridgehead atoms. The third kappa shape index (κ3) is 1.51. The van der Waals surface area contributed by atoms with Gasteiger partial charge in [-0.2, -0.15) is 0 Å². The number of aliphatic hydroxyl groups excluding tert-OH is 2. The molecule has 2 rings (SSSR count). The molecule has 1 amide bonds. The van der Waals surface area contributed by atoms with Gasteiger partial charge >= 0.3 is 0 Å². The van der Waals surface area contributed by atoms with Gasteiger partial charge in [-0.15, -0.1) is 0 Å². The van der Waals surface area contributed by atoms with Gasteiger partial charge in [-0.05, 0) is 6.42 Å². The first kappa shape index (κ1) is 9.89. The SMILES string of the molecule is CN1CCC(N2CC(O)C(O)C2)C1=O. The van der Waals surface area contributed by atoms with E-state index in [9.17, 15) is 15.0 Å². The first-order valence-electron chi connectivity index (χ1n) is 4.94. The maximum Gasteiger partial charge on any atom is 0.239 e. The fourth-order valence-electron chi connectivity index (χ4n) is 2.20. The molecule has 0 aromatic carbocycles. The largest absolute Gasteiger partial charge is 0.389 e. The lowest BCUT2D eigenvalue weighted by Gasteiger charge is -2.21. The van der Waals surface area contributed by atoms with E-state index in [1.54, 1.807) is 11.9 Å². The van der Waals surface area contributed by atoms with E-state index >= 15 is 0 Å². The zero-order valence-corrected chi connectivity index (χ0v) is 8.26. The molecular weight excluding hydrogens is 184 g/mol. The zero-order valence-electron chi connectivity index (χ0n) is 8.26. The van der Waals surface area contributed by atoms with Crippen molar-refractivity contribution in [3.05, 3.63) is 0 Å². The van der Waals surface area contributed by atoms with Crippen LogP contribution in [0.4, 0.5) is 0 Å². The summed E-state index contributed by atoms with van der Waals surface area (Å²) in [5.41, 5.74) is 0. The van der Waals surface area contributed by atoms with Gasteiger partial charge in [0.05, 0.1) is 18.2 Å². The molecule has 5 heteroatoms. The van der Waals surface area contributed by atoms with Crippen LogP contribution in [-0.2, 0) is 4.79 Å². The first-order valence-corrected chi connectivity index (χ1v) is 4.94. The molecule has 80 valence electrons. The number of hydrogen-bond donors (Lipinski definition) is 2. The lowest BCUT2D eigenvalue weighted by molar-refractivity contribution is -0.130. The summed E-state index contributed by atoms with van der Waals surface area (Å²) < 4.78 is 0. The fourth-order valence-corrected chi connectivity index (χ4v) is 2.20. The minimum Gasteiger partial charge on any atom is -0.389 e. The second-order valence-electron chi connectivity index (χ2n) is 4.15. The van der Waals surface area contributed by atoms with E-state index in [0.717, 1.165) is 13.0 Å². The summed E-state index contributed by atoms with van der Waals surface area (Å²) in [6.07, 6.45) is -0.600. The van der Waals surface area contributed by atoms with E-state index in [0.29, 0.717) is 13.1 Å². The van der Waals surface area contributed by atoms with Crippen molar-refractivity contribution in [2.45, 2.75) is 24.7 Å². The molecule has 0 aromatic rings. The van der Waals surface area contributed by atoms with Gasteiger partial charge in [-0.1, -0.05) is 0 Å². The predicted octanol–water partition coefficient (Wildman–Crippen LogP) is -1.75. The Hall–Kier alpha value is -0.650. The van der Waals surface area contributed by atoms with Crippen molar-refractivity contribution < 1.29 is 15.0 Å². The molecular formula is C9H16N2O3. The monoisotopic (exact) mass is 200 g/mol. The molecule has 0 radical (unpaired) electrons. The Kier molecular flexibility index (Phi) is 2.47. The quantitative estimate of drug-likeness (QED) is 0.527. The molecule has 2 N–H and O–H groups in total. The van der Waals surface area contributed by atoms with Crippen molar-refractivity contribution in [2.24, 2.45) is 0 Å². The highest BCUT2D eigenvalue weighted by Gasteiger charge is 2.40. The molecule has 5 nitrogen and oxygen atoms in total. The molecule has 0 spiro atoms. The van der Waals surface area contributed by atoms with Crippen molar-refractivity contribution in [1.29, 1.82) is 0 Å². The molecule has 0 saturated carbocycles. The van der Waals surface area contributed by atoms with Crippen molar-refractivity contribution >= 4 is 5.91 Å². The number of likely N-dealkylation sites (tertiary alicyclic amines) is 2. The Labute approximate surface area is 82.9 Å². The van der Waals surface area contributed by atoms with Gasteiger partial charge in [0.25, 0.3) is 0 Å². The lowest BCUT2D eigenvalue weighted by atomic mass is 10.2. The summed E-state index contributed by atoms with van der Waals surface area (Å²) in [5, 5.41) is 18.7. The third-order valence-electron chi connectivity index (χ3n) is 3.13. The van der Waals surface area contributed by atoms with Crippen molar-refractivity contribution in [3.8, 4) is 0 Å². The molecule has 2 saturated heterocycles. The number of β-amino-alcohol motifs (C(OH)–C–C–N with tert-alkyl or cyclic N) is 2. The van der Waals surface area contributed by atoms with Gasteiger partial charge in [-0.3, -0.25) is 9.69 Å². The van der Waals surface area contributed by atoms with Crippen molar-refractivity contribution in [2.75, 3.05) is 26.7 Å². The van der Waals surface area contributed by atoms with E-state index in [-0.39, 0.29) is 11.9 Å². The number of rotatable bonds is 1. The number of likely N-dealkylation sites (N-methyl/N-ethyl adjacent to an activating group) is 1. The molecule has 2 fully saturated rings. The van der Waals surface area contributed by atoms with E-state index in [1.165, 1.54) is 0 Å². The Bertz CT molecular complexity index is 236. The van der Waals surface area contributed by atoms with E-state index in [4.69, 9.17) is 0 Å². The standard InChI is InChI=1S/C9H16N2O3/c1-10-3-2-6(9(10)14)11-4-7(12)8(13)5-11/h6-8,12-13H,2-5H2,1H3. The number of carbonyl (C=O) groups excluding carboxylic acids is 1. The topological polar surface area (TPSA) is 64.0 Å². The highest BCUT2D eigenvalue weighted by Crippen LogP contribution is 2.21. The number of aliphatic hydroxyl groups is 2. The molecule has 14 heavy (non-hydrogen) atoms. The van der Waals surface area contributed by atoms with E-state index in [2.05, 4.69) is 0 Å². The molecule has 2 heterocycles. The van der Waals surface area contributed by atoms with Crippen LogP contribution in [0, 0.1) is 0 Å². The second kappa shape index (κ2) is 3.49. The molecule has 0 aromatic heterocycles. The van der Waals surface area contributed by atoms with E-state index in [1.807, 2.05) is 4.90 Å². The molecule has 2 aliphatic heterocycles. The van der Waals surface area contributed by atoms with Gasteiger partial charge < -0.3 is 15.1 Å². The van der Waals surface area contributed by atoms with Crippen LogP contribution >= 0.6 is 0 Å². The third-order valence-corrected chi connectivity index (χ3v) is 3.13. The summed E-state index contributed by atoms with van der Waals surface area (Å²) in [6, 6.07) is -0.133. The van der Waals surface area contributed by atoms with Crippen LogP contribution in [0.15, 0.2) is 0 Å². The minimum atomic E-state index is -0.700. The van der Waals surface area contributed by atoms with Crippen molar-refractivity contribution in [1.82, 2.24) is 9.80 Å². The zero-order chi connectivity index (χ0) is 10.3. The summed E-state index contributed by atoms with van der Waals surface area (Å²) in [7, 11) is 1.78. The van der Waals surface area contributed by atoms with Crippen molar-refractivity contribution in [3.63, 3.8) is 0 Å². The predicted molar refractivity (Wildman–Crippen MR) is 49.6 cm³/mol. The van der Waals surface area contributed by atoms with Crippen LogP contribution < -0.4 is 0 Å². The van der Waals surface area contributed by atoms with Gasteiger partial charge in [0.2, 0.25) is 5.91 Å². The second-order valence-corrected chi connectivity index (χ2v) is 4.15. The maximum absolute atomic E-state index is 11.6. The van der Waals surface area contributed by atoms with Gasteiger partial charge in [0.1, 0.15) is 0 Å². The normalized spacial score (nSPS) is 39.8. The number of amides is 1. The van der Waals surface area contributed by atoms with Gasteiger partial charge in [-0.25, -0.2) is 0 Å². The Morgan fingerprint density at radius 1 is 1.29 bits per heavy atom. The molecule has 2 aliphatic rings. The highest BCUT2D eigenvalue weighted by atomic mass is 16.3. The van der Waals surface area contributed by atoms with Crippen LogP contribution in [0.25, 0.3) is 0 Å². The van der Waals surface area contributed by atoms with Crippen LogP contribution in [0.3, 0.4) is 0 Å². The van der Waals surface area contributed by atoms with Crippen LogP contribution in [-0.4, -0.2) is 70.9 Å². The number of hydrogen-bond acceptors (Lipinski definition) is 4. The fraction of sp³-hybridized carbons (Fsp3) is 0.889. The van der Waals surface area contributed by atoms with Crippen LogP contribution in [0.1, 0.15) is 6.42 Å². The Balaban J connectivity index is 2.00. The first-order chi connectivity index (χ1) is 6.59. The Morgan fingerprint density at radius 2 is 1.86 bits per heavy atom. The summed E-state index contributed by atoms with van der Waals surface area (Å²) in [6.45, 7) is 1.59. The average Bonchev–Trinajstić information content (AvgIpc) is 2.61. The summed E-state index contributed by atoms with van der Waals surface area (Å²) in [5.74, 6) is 0.103. The summed E-state index contributed by atoms with van der Waals surface area (Å²) in [4.78, 5) is 15.2. The van der Waals surface area contributed by atoms with Gasteiger partial charge in [0.15, 0.2) is 0 Å². The van der Waals surface area contributed by atoms with Gasteiger partial charge in [0, 0.05) is 26.7 Å².